The normalized spacial score (nSPS) is 11.1. The Morgan fingerprint density at radius 1 is 0.359 bits per heavy atom. The summed E-state index contributed by atoms with van der Waals surface area (Å²) in [4.78, 5) is 0. The molecule has 0 radical (unpaired) electrons. The van der Waals surface area contributed by atoms with E-state index in [1.54, 1.807) is 14.2 Å². The maximum Gasteiger partial charge on any atom is 0.213 e. The van der Waals surface area contributed by atoms with E-state index in [4.69, 9.17) is 46.7 Å². The van der Waals surface area contributed by atoms with Crippen LogP contribution in [-0.4, -0.2) is 14.2 Å². The number of pyridine rings is 2. The molecule has 2 heterocycles. The molecule has 0 spiro atoms. The van der Waals surface area contributed by atoms with Gasteiger partial charge in [-0.25, -0.2) is 37.3 Å². The molecule has 0 aliphatic rings. The highest BCUT2D eigenvalue weighted by Gasteiger charge is 2.27. The van der Waals surface area contributed by atoms with E-state index in [-0.39, 0.29) is 0 Å². The van der Waals surface area contributed by atoms with Crippen LogP contribution < -0.4 is 55.9 Å². The molecule has 6 aromatic carbocycles. The van der Waals surface area contributed by atoms with Gasteiger partial charge in [0, 0.05) is 24.3 Å². The van der Waals surface area contributed by atoms with Gasteiger partial charge in [0.05, 0.1) is 25.3 Å². The Hall–Kier alpha value is -6.52. The Morgan fingerprint density at radius 3 is 0.828 bits per heavy atom. The molecular formula is C50H42Cl2N2O10. The number of benzene rings is 6. The first kappa shape index (κ1) is 47.0. The summed E-state index contributed by atoms with van der Waals surface area (Å²) in [7, 11) is -6.41. The van der Waals surface area contributed by atoms with E-state index in [1.807, 2.05) is 0 Å². The first-order valence-corrected chi connectivity index (χ1v) is 22.1. The van der Waals surface area contributed by atoms with Crippen molar-refractivity contribution in [3.8, 4) is 78.5 Å². The van der Waals surface area contributed by atoms with Crippen molar-refractivity contribution in [1.29, 1.82) is 0 Å². The molecule has 12 nitrogen and oxygen atoms in total. The topological polar surface area (TPSA) is 211 Å². The van der Waals surface area contributed by atoms with Crippen molar-refractivity contribution < 1.29 is 76.4 Å². The van der Waals surface area contributed by atoms with Gasteiger partial charge in [0.25, 0.3) is 0 Å². The lowest BCUT2D eigenvalue weighted by Gasteiger charge is -2.18. The third-order valence-corrected chi connectivity index (χ3v) is 10.0. The molecule has 0 saturated carbocycles. The van der Waals surface area contributed by atoms with Crippen molar-refractivity contribution >= 4 is 0 Å². The quantitative estimate of drug-likeness (QED) is 0.171. The van der Waals surface area contributed by atoms with E-state index in [9.17, 15) is 0 Å². The minimum atomic E-state index is -4.94. The van der Waals surface area contributed by atoms with Gasteiger partial charge >= 0.3 is 0 Å². The summed E-state index contributed by atoms with van der Waals surface area (Å²) in [5.41, 5.74) is 13.7. The second-order valence-corrected chi connectivity index (χ2v) is 15.5. The Balaban J connectivity index is 0.000000615. The molecule has 2 aromatic heterocycles. The average Bonchev–Trinajstić information content (AvgIpc) is 3.30. The van der Waals surface area contributed by atoms with Crippen LogP contribution in [0.3, 0.4) is 0 Å². The molecule has 0 saturated heterocycles. The minimum absolute atomic E-state index is 0.740. The van der Waals surface area contributed by atoms with Gasteiger partial charge in [0.1, 0.15) is 11.5 Å². The molecule has 64 heavy (non-hydrogen) atoms. The Labute approximate surface area is 375 Å². The fourth-order valence-corrected chi connectivity index (χ4v) is 7.41. The predicted octanol–water partition coefficient (Wildman–Crippen LogP) is 1.47. The lowest BCUT2D eigenvalue weighted by molar-refractivity contribution is -2.00. The average molecular weight is 902 g/mol. The van der Waals surface area contributed by atoms with Crippen LogP contribution in [0.2, 0.25) is 0 Å². The van der Waals surface area contributed by atoms with E-state index in [0.29, 0.717) is 0 Å². The highest BCUT2D eigenvalue weighted by Crippen LogP contribution is 2.43. The van der Waals surface area contributed by atoms with Gasteiger partial charge < -0.3 is 9.47 Å². The predicted molar refractivity (Wildman–Crippen MR) is 219 cm³/mol. The fourth-order valence-electron chi connectivity index (χ4n) is 7.41. The van der Waals surface area contributed by atoms with Crippen LogP contribution in [0.5, 0.6) is 11.5 Å². The lowest BCUT2D eigenvalue weighted by atomic mass is 9.89. The van der Waals surface area contributed by atoms with Crippen molar-refractivity contribution in [1.82, 2.24) is 0 Å². The lowest BCUT2D eigenvalue weighted by Crippen LogP contribution is -2.68. The summed E-state index contributed by atoms with van der Waals surface area (Å²) >= 11 is 0. The first-order valence-electron chi connectivity index (χ1n) is 19.6. The number of hydrogen-bond acceptors (Lipinski definition) is 10. The van der Waals surface area contributed by atoms with Crippen molar-refractivity contribution in [3.05, 3.63) is 194 Å². The van der Waals surface area contributed by atoms with Gasteiger partial charge in [-0.15, -0.1) is 20.5 Å². The van der Waals surface area contributed by atoms with E-state index >= 15 is 0 Å². The number of ether oxygens (including phenoxy) is 2. The molecule has 0 amide bonds. The number of hydrogen-bond donors (Lipinski definition) is 0. The summed E-state index contributed by atoms with van der Waals surface area (Å²) in [5, 5.41) is 0. The molecular weight excluding hydrogens is 859 g/mol. The molecule has 8 rings (SSSR count). The molecule has 326 valence electrons. The van der Waals surface area contributed by atoms with Crippen LogP contribution in [0.15, 0.2) is 194 Å². The molecule has 0 aliphatic heterocycles. The number of nitrogens with zero attached hydrogens (tertiary/aromatic N) is 2. The van der Waals surface area contributed by atoms with E-state index in [2.05, 4.69) is 204 Å². The number of methoxy groups -OCH3 is 2. The summed E-state index contributed by atoms with van der Waals surface area (Å²) in [6.45, 7) is 1.48. The van der Waals surface area contributed by atoms with Crippen molar-refractivity contribution in [2.45, 2.75) is 13.1 Å². The van der Waals surface area contributed by atoms with Crippen LogP contribution >= 0.6 is 0 Å². The van der Waals surface area contributed by atoms with Crippen molar-refractivity contribution in [3.63, 3.8) is 0 Å². The third kappa shape index (κ3) is 13.0. The van der Waals surface area contributed by atoms with Crippen molar-refractivity contribution in [2.75, 3.05) is 14.2 Å². The van der Waals surface area contributed by atoms with E-state index < -0.39 is 20.5 Å². The summed E-state index contributed by atoms with van der Waals surface area (Å²) in [6.07, 6.45) is 4.40. The zero-order chi connectivity index (χ0) is 45.7. The SMILES string of the molecule is COc1cc(-c2ccccc2)c(-c2cccc[n+]2CC[n+]2ccccc2-c2c(-c3ccccc3)cc(OC)cc2-c2ccccc2)c(-c2ccccc2)c1.[O-][Cl+3]([O-])([O-])[O-].[O-][Cl+3]([O-])([O-])[O-]. The molecule has 0 N–H and O–H groups in total. The smallest absolute Gasteiger partial charge is 0.213 e. The number of halogens is 2. The van der Waals surface area contributed by atoms with Crippen LogP contribution in [0.4, 0.5) is 0 Å². The third-order valence-electron chi connectivity index (χ3n) is 10.0. The van der Waals surface area contributed by atoms with Crippen LogP contribution in [-0.2, 0) is 13.1 Å². The molecule has 0 bridgehead atoms. The fraction of sp³-hybridized carbons (Fsp3) is 0.0800. The molecule has 0 aliphatic carbocycles. The molecule has 0 unspecified atom stereocenters. The Morgan fingerprint density at radius 2 is 0.594 bits per heavy atom. The van der Waals surface area contributed by atoms with E-state index in [1.165, 1.54) is 11.1 Å². The van der Waals surface area contributed by atoms with Gasteiger partial charge in [0.15, 0.2) is 12.4 Å². The number of rotatable bonds is 11. The van der Waals surface area contributed by atoms with Crippen LogP contribution in [0.1, 0.15) is 0 Å². The number of aryl methyl sites for hydroxylation is 2. The standard InChI is InChI=1S/C50H42N2O2.2ClHO4/c1-53-41-33-43(37-19-7-3-8-20-37)49(44(34-41)38-21-9-4-10-22-38)47-27-15-17-29-51(47)31-32-52-30-18-16-28-48(52)50-45(39-23-11-5-12-24-39)35-42(54-2)36-46(50)40-25-13-6-14-26-40;2*2-1(3,4)5/h3-30,33-36H,31-32H2,1-2H3;2*(H,2,3,4,5)/q+2;;/p-2. The van der Waals surface area contributed by atoms with Crippen LogP contribution in [0.25, 0.3) is 67.0 Å². The zero-order valence-corrected chi connectivity index (χ0v) is 36.1. The van der Waals surface area contributed by atoms with Gasteiger partial charge in [-0.05, 0) is 80.9 Å². The zero-order valence-electron chi connectivity index (χ0n) is 34.6. The highest BCUT2D eigenvalue weighted by atomic mass is 35.7. The molecule has 14 heteroatoms. The highest BCUT2D eigenvalue weighted by molar-refractivity contribution is 5.95. The first-order chi connectivity index (χ1) is 30.7. The monoisotopic (exact) mass is 900 g/mol. The maximum atomic E-state index is 8.49. The summed E-state index contributed by atoms with van der Waals surface area (Å²) < 4.78 is 84.5. The largest absolute Gasteiger partial charge is 0.497 e. The van der Waals surface area contributed by atoms with Gasteiger partial charge in [0.2, 0.25) is 24.5 Å². The summed E-state index contributed by atoms with van der Waals surface area (Å²) in [6, 6.07) is 64.1. The van der Waals surface area contributed by atoms with Crippen LogP contribution in [0, 0.1) is 20.5 Å². The molecule has 0 fully saturated rings. The van der Waals surface area contributed by atoms with Gasteiger partial charge in [-0.1, -0.05) is 121 Å². The Bertz CT molecular complexity index is 2410. The molecule has 8 aromatic rings. The van der Waals surface area contributed by atoms with Crippen molar-refractivity contribution in [2.24, 2.45) is 0 Å². The maximum absolute atomic E-state index is 8.49. The summed E-state index contributed by atoms with van der Waals surface area (Å²) in [5.74, 6) is 1.65. The van der Waals surface area contributed by atoms with E-state index in [0.717, 1.165) is 80.5 Å². The minimum Gasteiger partial charge on any atom is -0.497 e. The number of aromatic nitrogens is 2. The second-order valence-electron chi connectivity index (χ2n) is 14.0. The van der Waals surface area contributed by atoms with Gasteiger partial charge in [-0.3, -0.25) is 0 Å². The Kier molecular flexibility index (Phi) is 15.9. The van der Waals surface area contributed by atoms with Gasteiger partial charge in [-0.2, -0.15) is 9.13 Å². The molecule has 0 atom stereocenters. The second kappa shape index (κ2) is 21.7.